The first-order valence-corrected chi connectivity index (χ1v) is 20.4. The van der Waals surface area contributed by atoms with Gasteiger partial charge in [0, 0.05) is 63.3 Å². The molecule has 0 saturated heterocycles. The van der Waals surface area contributed by atoms with Crippen LogP contribution in [0.25, 0.3) is 33.4 Å². The molecule has 0 unspecified atom stereocenters. The normalized spacial score (nSPS) is 10.7. The summed E-state index contributed by atoms with van der Waals surface area (Å²) < 4.78 is 5.33. The maximum atomic E-state index is 12.2. The zero-order valence-electron chi connectivity index (χ0n) is 32.2. The highest BCUT2D eigenvalue weighted by Gasteiger charge is 2.19. The van der Waals surface area contributed by atoms with E-state index in [0.29, 0.717) is 43.0 Å². The smallest absolute Gasteiger partial charge is 0.303 e. The SMILES string of the molecule is CCCCC(=O)N(C)Cc1ccc2c(c1)c(C(N)=O)nn2-c1cc(I)ccn1.CCCCC(=O)O.CNCc1ccc2c(c1)c(C(N)=O)nn2-c1cc(I)ccn1. The van der Waals surface area contributed by atoms with Gasteiger partial charge < -0.3 is 26.8 Å². The van der Waals surface area contributed by atoms with Crippen LogP contribution in [0.2, 0.25) is 0 Å². The average molecular weight is 1000 g/mol. The van der Waals surface area contributed by atoms with Gasteiger partial charge in [0.1, 0.15) is 0 Å². The van der Waals surface area contributed by atoms with Crippen LogP contribution in [0.15, 0.2) is 73.1 Å². The lowest BCUT2D eigenvalue weighted by Crippen LogP contribution is -2.25. The van der Waals surface area contributed by atoms with Crippen LogP contribution >= 0.6 is 45.2 Å². The van der Waals surface area contributed by atoms with Gasteiger partial charge in [-0.2, -0.15) is 10.2 Å². The minimum atomic E-state index is -0.693. The standard InChI is InChI=1S/C20H22IN5O2.C15H14IN5O.C5H10O2/c1-3-4-5-18(27)25(2)12-13-6-7-16-15(10-13)19(20(22)28)24-26(16)17-11-14(21)8-9-23-17;1-18-8-9-2-3-12-11(6-9)14(15(17)22)20-21(12)13-7-10(16)4-5-19-13;1-2-3-4-5(6)7/h6-11H,3-5,12H2,1-2H3,(H2,22,28);2-7,18H,8H2,1H3,(H2,17,22);2-4H2,1H3,(H,6,7). The van der Waals surface area contributed by atoms with Crippen LogP contribution in [-0.2, 0) is 22.7 Å². The number of unbranched alkanes of at least 4 members (excludes halogenated alkanes) is 2. The summed E-state index contributed by atoms with van der Waals surface area (Å²) in [7, 11) is 3.66. The number of carboxylic acid groups (broad SMARTS) is 1. The van der Waals surface area contributed by atoms with Gasteiger partial charge in [-0.1, -0.05) is 38.8 Å². The van der Waals surface area contributed by atoms with Crippen LogP contribution in [0, 0.1) is 7.14 Å². The molecule has 6 N–H and O–H groups in total. The first-order valence-electron chi connectivity index (χ1n) is 18.2. The van der Waals surface area contributed by atoms with Gasteiger partial charge in [-0.25, -0.2) is 19.3 Å². The summed E-state index contributed by atoms with van der Waals surface area (Å²) in [5, 5.41) is 21.3. The molecule has 0 aliphatic heterocycles. The lowest BCUT2D eigenvalue weighted by atomic mass is 10.1. The number of carboxylic acids is 1. The number of hydrogen-bond donors (Lipinski definition) is 4. The minimum absolute atomic E-state index is 0.107. The predicted octanol–water partition coefficient (Wildman–Crippen LogP) is 6.38. The molecule has 300 valence electrons. The van der Waals surface area contributed by atoms with Crippen LogP contribution in [0.3, 0.4) is 0 Å². The number of nitrogens with two attached hydrogens (primary N) is 2. The van der Waals surface area contributed by atoms with Crippen LogP contribution in [0.1, 0.15) is 84.5 Å². The quantitative estimate of drug-likeness (QED) is 0.0884. The van der Waals surface area contributed by atoms with E-state index in [1.165, 1.54) is 0 Å². The molecule has 0 atom stereocenters. The summed E-state index contributed by atoms with van der Waals surface area (Å²) in [6, 6.07) is 19.1. The van der Waals surface area contributed by atoms with Gasteiger partial charge >= 0.3 is 5.97 Å². The largest absolute Gasteiger partial charge is 0.481 e. The third-order valence-electron chi connectivity index (χ3n) is 8.52. The summed E-state index contributed by atoms with van der Waals surface area (Å²) in [4.78, 5) is 56.0. The van der Waals surface area contributed by atoms with E-state index >= 15 is 0 Å². The van der Waals surface area contributed by atoms with Crippen molar-refractivity contribution in [1.82, 2.24) is 39.7 Å². The van der Waals surface area contributed by atoms with Crippen molar-refractivity contribution < 1.29 is 24.3 Å². The van der Waals surface area contributed by atoms with Gasteiger partial charge in [0.05, 0.1) is 11.0 Å². The number of aliphatic carboxylic acids is 1. The molecule has 0 spiro atoms. The summed E-state index contributed by atoms with van der Waals surface area (Å²) in [6.45, 7) is 5.21. The molecule has 3 amide bonds. The second-order valence-corrected chi connectivity index (χ2v) is 15.5. The Kier molecular flexibility index (Phi) is 16.8. The second-order valence-electron chi connectivity index (χ2n) is 13.0. The van der Waals surface area contributed by atoms with Crippen molar-refractivity contribution in [2.75, 3.05) is 14.1 Å². The van der Waals surface area contributed by atoms with Gasteiger partial charge in [0.25, 0.3) is 11.8 Å². The Hall–Kier alpha value is -5.02. The van der Waals surface area contributed by atoms with Crippen molar-refractivity contribution in [3.63, 3.8) is 0 Å². The number of carbonyl (C=O) groups excluding carboxylic acids is 3. The summed E-state index contributed by atoms with van der Waals surface area (Å²) >= 11 is 4.41. The van der Waals surface area contributed by atoms with Crippen molar-refractivity contribution >= 4 is 90.7 Å². The van der Waals surface area contributed by atoms with E-state index < -0.39 is 17.8 Å². The van der Waals surface area contributed by atoms with Crippen LogP contribution in [-0.4, -0.2) is 77.3 Å². The van der Waals surface area contributed by atoms with E-state index in [4.69, 9.17) is 16.6 Å². The number of primary amides is 2. The molecular weight excluding hydrogens is 954 g/mol. The number of nitrogens with zero attached hydrogens (tertiary/aromatic N) is 7. The van der Waals surface area contributed by atoms with E-state index in [9.17, 15) is 19.2 Å². The Bertz CT molecular complexity index is 2360. The molecular formula is C40H46I2N10O5. The van der Waals surface area contributed by atoms with Crippen molar-refractivity contribution in [1.29, 1.82) is 0 Å². The number of pyridine rings is 2. The molecule has 57 heavy (non-hydrogen) atoms. The summed E-state index contributed by atoms with van der Waals surface area (Å²) in [5.74, 6) is -0.456. The zero-order chi connectivity index (χ0) is 41.6. The van der Waals surface area contributed by atoms with Crippen molar-refractivity contribution in [3.05, 3.63) is 103 Å². The lowest BCUT2D eigenvalue weighted by Gasteiger charge is -2.17. The third kappa shape index (κ3) is 12.2. The fourth-order valence-electron chi connectivity index (χ4n) is 5.68. The number of nitrogens with one attached hydrogen (secondary N) is 1. The average Bonchev–Trinajstić information content (AvgIpc) is 3.76. The number of hydrogen-bond acceptors (Lipinski definition) is 9. The number of rotatable bonds is 14. The molecule has 4 heterocycles. The number of benzene rings is 2. The summed E-state index contributed by atoms with van der Waals surface area (Å²) in [5.41, 5.74) is 15.0. The molecule has 15 nitrogen and oxygen atoms in total. The van der Waals surface area contributed by atoms with Crippen molar-refractivity contribution in [2.45, 2.75) is 65.5 Å². The molecule has 2 aromatic carbocycles. The molecule has 4 aromatic heterocycles. The number of amides is 3. The monoisotopic (exact) mass is 1000 g/mol. The van der Waals surface area contributed by atoms with E-state index in [0.717, 1.165) is 60.4 Å². The Morgan fingerprint density at radius 3 is 1.63 bits per heavy atom. The first kappa shape index (κ1) is 44.7. The van der Waals surface area contributed by atoms with Crippen LogP contribution in [0.5, 0.6) is 0 Å². The molecule has 0 radical (unpaired) electrons. The third-order valence-corrected chi connectivity index (χ3v) is 9.86. The highest BCUT2D eigenvalue weighted by Crippen LogP contribution is 2.25. The van der Waals surface area contributed by atoms with Gasteiger partial charge in [0.15, 0.2) is 23.0 Å². The van der Waals surface area contributed by atoms with Crippen LogP contribution < -0.4 is 16.8 Å². The van der Waals surface area contributed by atoms with E-state index in [1.54, 1.807) is 33.7 Å². The fraction of sp³-hybridized carbons (Fsp3) is 0.300. The molecule has 0 aliphatic rings. The number of aromatic nitrogens is 6. The Labute approximate surface area is 357 Å². The minimum Gasteiger partial charge on any atom is -0.481 e. The molecule has 0 aliphatic carbocycles. The van der Waals surface area contributed by atoms with E-state index in [2.05, 4.69) is 77.6 Å². The maximum absolute atomic E-state index is 12.2. The molecule has 6 aromatic rings. The number of fused-ring (bicyclic) bond motifs is 2. The Morgan fingerprint density at radius 2 is 1.21 bits per heavy atom. The number of halogens is 2. The Balaban J connectivity index is 0.000000221. The van der Waals surface area contributed by atoms with Gasteiger partial charge in [-0.3, -0.25) is 19.2 Å². The van der Waals surface area contributed by atoms with Crippen molar-refractivity contribution in [2.24, 2.45) is 11.5 Å². The number of carbonyl (C=O) groups is 4. The van der Waals surface area contributed by atoms with Gasteiger partial charge in [-0.05, 0) is 125 Å². The summed E-state index contributed by atoms with van der Waals surface area (Å²) in [6.07, 6.45) is 7.89. The van der Waals surface area contributed by atoms with E-state index in [1.807, 2.05) is 74.6 Å². The molecule has 17 heteroatoms. The van der Waals surface area contributed by atoms with Crippen molar-refractivity contribution in [3.8, 4) is 11.6 Å². The molecule has 6 rings (SSSR count). The Morgan fingerprint density at radius 1 is 0.737 bits per heavy atom. The van der Waals surface area contributed by atoms with Gasteiger partial charge in [0.2, 0.25) is 5.91 Å². The highest BCUT2D eigenvalue weighted by atomic mass is 127. The topological polar surface area (TPSA) is 217 Å². The zero-order valence-corrected chi connectivity index (χ0v) is 36.5. The lowest BCUT2D eigenvalue weighted by molar-refractivity contribution is -0.137. The van der Waals surface area contributed by atoms with E-state index in [-0.39, 0.29) is 17.3 Å². The molecule has 0 saturated carbocycles. The highest BCUT2D eigenvalue weighted by molar-refractivity contribution is 14.1. The first-order chi connectivity index (χ1) is 27.3. The second kappa shape index (κ2) is 21.5. The predicted molar refractivity (Wildman–Crippen MR) is 236 cm³/mol. The maximum Gasteiger partial charge on any atom is 0.303 e. The molecule has 0 fully saturated rings. The van der Waals surface area contributed by atoms with Gasteiger partial charge in [-0.15, -0.1) is 0 Å². The fourth-order valence-corrected chi connectivity index (χ4v) is 6.56. The van der Waals surface area contributed by atoms with Crippen LogP contribution in [0.4, 0.5) is 0 Å². The molecule has 0 bridgehead atoms.